The number of amides is 1. The fourth-order valence-electron chi connectivity index (χ4n) is 3.55. The smallest absolute Gasteiger partial charge is 0.244 e. The van der Waals surface area contributed by atoms with Gasteiger partial charge in [0.25, 0.3) is 0 Å². The largest absolute Gasteiger partial charge is 0.490 e. The predicted octanol–water partition coefficient (Wildman–Crippen LogP) is 3.63. The van der Waals surface area contributed by atoms with Crippen molar-refractivity contribution in [1.82, 2.24) is 4.90 Å². The zero-order chi connectivity index (χ0) is 20.6. The van der Waals surface area contributed by atoms with E-state index in [1.807, 2.05) is 62.1 Å². The predicted molar refractivity (Wildman–Crippen MR) is 117 cm³/mol. The minimum Gasteiger partial charge on any atom is -0.490 e. The van der Waals surface area contributed by atoms with Gasteiger partial charge in [-0.25, -0.2) is 0 Å². The van der Waals surface area contributed by atoms with Crippen LogP contribution in [0.15, 0.2) is 48.5 Å². The number of nitrogens with one attached hydrogen (secondary N) is 1. The Labute approximate surface area is 173 Å². The first-order valence-electron chi connectivity index (χ1n) is 10.4. The van der Waals surface area contributed by atoms with Crippen molar-refractivity contribution in [2.75, 3.05) is 49.6 Å². The fraction of sp³-hybridized carbons (Fsp3) is 0.435. The molecule has 0 saturated carbocycles. The molecular weight excluding hydrogens is 366 g/mol. The highest BCUT2D eigenvalue weighted by Crippen LogP contribution is 2.31. The Morgan fingerprint density at radius 3 is 2.28 bits per heavy atom. The number of benzene rings is 2. The zero-order valence-electron chi connectivity index (χ0n) is 17.6. The Bertz CT molecular complexity index is 789. The molecule has 1 amide bonds. The van der Waals surface area contributed by atoms with Gasteiger partial charge in [0.1, 0.15) is 6.04 Å². The van der Waals surface area contributed by atoms with E-state index in [0.717, 1.165) is 37.6 Å². The van der Waals surface area contributed by atoms with Crippen LogP contribution in [0.25, 0.3) is 0 Å². The van der Waals surface area contributed by atoms with Gasteiger partial charge in [-0.1, -0.05) is 18.2 Å². The van der Waals surface area contributed by atoms with E-state index in [-0.39, 0.29) is 11.9 Å². The quantitative estimate of drug-likeness (QED) is 0.737. The van der Waals surface area contributed by atoms with E-state index >= 15 is 0 Å². The number of carbonyl (C=O) groups is 1. The van der Waals surface area contributed by atoms with E-state index in [1.54, 1.807) is 0 Å². The lowest BCUT2D eigenvalue weighted by atomic mass is 10.2. The second-order valence-corrected chi connectivity index (χ2v) is 7.04. The molecule has 0 bridgehead atoms. The fourth-order valence-corrected chi connectivity index (χ4v) is 3.55. The number of piperazine rings is 1. The Morgan fingerprint density at radius 1 is 0.966 bits per heavy atom. The number of rotatable bonds is 8. The van der Waals surface area contributed by atoms with Crippen molar-refractivity contribution in [2.45, 2.75) is 26.8 Å². The van der Waals surface area contributed by atoms with E-state index in [2.05, 4.69) is 22.3 Å². The van der Waals surface area contributed by atoms with Gasteiger partial charge in [-0.2, -0.15) is 0 Å². The molecule has 1 atom stereocenters. The van der Waals surface area contributed by atoms with Gasteiger partial charge in [0.2, 0.25) is 5.91 Å². The van der Waals surface area contributed by atoms with Crippen molar-refractivity contribution in [1.29, 1.82) is 0 Å². The maximum absolute atomic E-state index is 12.9. The molecule has 1 aliphatic heterocycles. The minimum absolute atomic E-state index is 0.115. The summed E-state index contributed by atoms with van der Waals surface area (Å²) in [5.41, 5.74) is 2.06. The van der Waals surface area contributed by atoms with Crippen molar-refractivity contribution in [3.63, 3.8) is 0 Å². The molecule has 1 fully saturated rings. The lowest BCUT2D eigenvalue weighted by Crippen LogP contribution is -2.52. The van der Waals surface area contributed by atoms with Crippen LogP contribution in [-0.2, 0) is 4.79 Å². The molecule has 0 spiro atoms. The number of hydrogen-bond donors (Lipinski definition) is 1. The van der Waals surface area contributed by atoms with Crippen LogP contribution in [0.4, 0.5) is 11.4 Å². The SMILES string of the molecule is CCOc1ccc(N[C@H](C)C(=O)N2CCN(c3ccccc3)CC2)cc1OCC. The normalized spacial score (nSPS) is 15.0. The Hall–Kier alpha value is -2.89. The highest BCUT2D eigenvalue weighted by molar-refractivity contribution is 5.84. The summed E-state index contributed by atoms with van der Waals surface area (Å²) < 4.78 is 11.3. The zero-order valence-corrected chi connectivity index (χ0v) is 17.6. The summed E-state index contributed by atoms with van der Waals surface area (Å²) in [6, 6.07) is 15.7. The Kier molecular flexibility index (Phi) is 7.22. The summed E-state index contributed by atoms with van der Waals surface area (Å²) in [5.74, 6) is 1.52. The topological polar surface area (TPSA) is 54.0 Å². The first-order chi connectivity index (χ1) is 14.1. The summed E-state index contributed by atoms with van der Waals surface area (Å²) in [6.45, 7) is 10.1. The van der Waals surface area contributed by atoms with E-state index in [0.29, 0.717) is 19.0 Å². The Morgan fingerprint density at radius 2 is 1.62 bits per heavy atom. The van der Waals surface area contributed by atoms with E-state index in [1.165, 1.54) is 5.69 Å². The van der Waals surface area contributed by atoms with E-state index in [9.17, 15) is 4.79 Å². The molecule has 6 nitrogen and oxygen atoms in total. The van der Waals surface area contributed by atoms with Gasteiger partial charge in [-0.05, 0) is 45.0 Å². The molecule has 2 aromatic carbocycles. The van der Waals surface area contributed by atoms with E-state index < -0.39 is 0 Å². The molecule has 0 aliphatic carbocycles. The third kappa shape index (κ3) is 5.34. The third-order valence-electron chi connectivity index (χ3n) is 5.01. The molecule has 6 heteroatoms. The molecule has 0 radical (unpaired) electrons. The molecule has 29 heavy (non-hydrogen) atoms. The monoisotopic (exact) mass is 397 g/mol. The maximum Gasteiger partial charge on any atom is 0.244 e. The van der Waals surface area contributed by atoms with Crippen LogP contribution in [0.3, 0.4) is 0 Å². The number of carbonyl (C=O) groups excluding carboxylic acids is 1. The number of hydrogen-bond acceptors (Lipinski definition) is 5. The lowest BCUT2D eigenvalue weighted by molar-refractivity contribution is -0.131. The van der Waals surface area contributed by atoms with Crippen molar-refractivity contribution < 1.29 is 14.3 Å². The standard InChI is InChI=1S/C23H31N3O3/c1-4-28-21-12-11-19(17-22(21)29-5-2)24-18(3)23(27)26-15-13-25(14-16-26)20-9-7-6-8-10-20/h6-12,17-18,24H,4-5,13-16H2,1-3H3/t18-/m1/s1. The van der Waals surface area contributed by atoms with Gasteiger partial charge in [-0.3, -0.25) is 4.79 Å². The van der Waals surface area contributed by atoms with Gasteiger partial charge < -0.3 is 24.6 Å². The first kappa shape index (κ1) is 20.8. The lowest BCUT2D eigenvalue weighted by Gasteiger charge is -2.37. The third-order valence-corrected chi connectivity index (χ3v) is 5.01. The van der Waals surface area contributed by atoms with E-state index in [4.69, 9.17) is 9.47 Å². The second-order valence-electron chi connectivity index (χ2n) is 7.04. The molecule has 1 heterocycles. The molecule has 2 aromatic rings. The average molecular weight is 398 g/mol. The highest BCUT2D eigenvalue weighted by atomic mass is 16.5. The van der Waals surface area contributed by atoms with Crippen molar-refractivity contribution in [3.8, 4) is 11.5 Å². The number of anilines is 2. The van der Waals surface area contributed by atoms with Crippen molar-refractivity contribution >= 4 is 17.3 Å². The summed E-state index contributed by atoms with van der Waals surface area (Å²) >= 11 is 0. The van der Waals surface area contributed by atoms with Gasteiger partial charge in [0.15, 0.2) is 11.5 Å². The minimum atomic E-state index is -0.314. The van der Waals surface area contributed by atoms with Crippen LogP contribution < -0.4 is 19.7 Å². The van der Waals surface area contributed by atoms with Crippen molar-refractivity contribution in [3.05, 3.63) is 48.5 Å². The summed E-state index contributed by atoms with van der Waals surface area (Å²) in [7, 11) is 0. The molecule has 3 rings (SSSR count). The van der Waals surface area contributed by atoms with Crippen LogP contribution in [-0.4, -0.2) is 56.2 Å². The first-order valence-corrected chi connectivity index (χ1v) is 10.4. The van der Waals surface area contributed by atoms with Gasteiger partial charge in [-0.15, -0.1) is 0 Å². The Balaban J connectivity index is 1.57. The summed E-state index contributed by atoms with van der Waals surface area (Å²) in [5, 5.41) is 3.31. The summed E-state index contributed by atoms with van der Waals surface area (Å²) in [6.07, 6.45) is 0. The molecule has 1 aliphatic rings. The molecular formula is C23H31N3O3. The number of ether oxygens (including phenoxy) is 2. The van der Waals surface area contributed by atoms with Crippen LogP contribution in [0.2, 0.25) is 0 Å². The molecule has 0 unspecified atom stereocenters. The van der Waals surface area contributed by atoms with Gasteiger partial charge >= 0.3 is 0 Å². The van der Waals surface area contributed by atoms with Crippen molar-refractivity contribution in [2.24, 2.45) is 0 Å². The molecule has 0 aromatic heterocycles. The second kappa shape index (κ2) is 10.0. The molecule has 1 N–H and O–H groups in total. The molecule has 1 saturated heterocycles. The highest BCUT2D eigenvalue weighted by Gasteiger charge is 2.25. The van der Waals surface area contributed by atoms with Crippen LogP contribution in [0, 0.1) is 0 Å². The summed E-state index contributed by atoms with van der Waals surface area (Å²) in [4.78, 5) is 17.2. The van der Waals surface area contributed by atoms with Crippen LogP contribution >= 0.6 is 0 Å². The van der Waals surface area contributed by atoms with Gasteiger partial charge in [0, 0.05) is 43.6 Å². The maximum atomic E-state index is 12.9. The number of para-hydroxylation sites is 1. The molecule has 156 valence electrons. The van der Waals surface area contributed by atoms with Gasteiger partial charge in [0.05, 0.1) is 13.2 Å². The number of nitrogens with zero attached hydrogens (tertiary/aromatic N) is 2. The average Bonchev–Trinajstić information content (AvgIpc) is 2.76. The van der Waals surface area contributed by atoms with Crippen LogP contribution in [0.1, 0.15) is 20.8 Å². The van der Waals surface area contributed by atoms with Crippen LogP contribution in [0.5, 0.6) is 11.5 Å².